The quantitative estimate of drug-likeness (QED) is 0.554. The van der Waals surface area contributed by atoms with Crippen LogP contribution in [0.1, 0.15) is 50.3 Å². The van der Waals surface area contributed by atoms with Crippen LogP contribution in [0.15, 0.2) is 30.9 Å². The van der Waals surface area contributed by atoms with E-state index in [0.29, 0.717) is 12.5 Å². The van der Waals surface area contributed by atoms with Crippen molar-refractivity contribution < 1.29 is 23.4 Å². The van der Waals surface area contributed by atoms with Crippen LogP contribution in [0.3, 0.4) is 0 Å². The molecule has 0 saturated carbocycles. The zero-order valence-electron chi connectivity index (χ0n) is 13.9. The third kappa shape index (κ3) is 5.06. The lowest BCUT2D eigenvalue weighted by molar-refractivity contribution is -0.152. The van der Waals surface area contributed by atoms with Crippen LogP contribution in [0.25, 0.3) is 0 Å². The van der Waals surface area contributed by atoms with Crippen LogP contribution in [0.5, 0.6) is 0 Å². The van der Waals surface area contributed by atoms with Crippen molar-refractivity contribution in [1.29, 1.82) is 0 Å². The normalized spacial score (nSPS) is 13.4. The summed E-state index contributed by atoms with van der Waals surface area (Å²) in [6, 6.07) is 1.44. The molecule has 1 N–H and O–H groups in total. The van der Waals surface area contributed by atoms with Crippen molar-refractivity contribution in [2.24, 2.45) is 0 Å². The molecule has 25 heavy (non-hydrogen) atoms. The highest BCUT2D eigenvalue weighted by atomic mass is 19.1. The molecule has 0 fully saturated rings. The first-order valence-corrected chi connectivity index (χ1v) is 8.18. The summed E-state index contributed by atoms with van der Waals surface area (Å²) >= 11 is 0. The van der Waals surface area contributed by atoms with Gasteiger partial charge in [-0.1, -0.05) is 32.3 Å². The van der Waals surface area contributed by atoms with Crippen LogP contribution in [-0.2, 0) is 9.53 Å². The third-order valence-corrected chi connectivity index (χ3v) is 3.79. The molecule has 0 aliphatic rings. The van der Waals surface area contributed by atoms with Gasteiger partial charge in [0.1, 0.15) is 30.4 Å². The molecule has 136 valence electrons. The molecule has 2 unspecified atom stereocenters. The number of aromatic nitrogens is 3. The minimum Gasteiger partial charge on any atom is -0.464 e. The second kappa shape index (κ2) is 9.22. The van der Waals surface area contributed by atoms with Gasteiger partial charge in [0.15, 0.2) is 6.04 Å². The molecule has 0 aliphatic carbocycles. The van der Waals surface area contributed by atoms with E-state index in [0.717, 1.165) is 36.1 Å². The number of nitrogens with zero attached hydrogens (tertiary/aromatic N) is 3. The Bertz CT molecular complexity index is 680. The number of rotatable bonds is 9. The molecule has 1 aromatic carbocycles. The largest absolute Gasteiger partial charge is 0.464 e. The summed E-state index contributed by atoms with van der Waals surface area (Å²) in [5.41, 5.74) is -0.218. The maximum atomic E-state index is 14.0. The number of hydrogen-bond donors (Lipinski definition) is 1. The van der Waals surface area contributed by atoms with Gasteiger partial charge in [-0.25, -0.2) is 23.2 Å². The topological polar surface area (TPSA) is 77.2 Å². The van der Waals surface area contributed by atoms with E-state index in [1.54, 1.807) is 0 Å². The van der Waals surface area contributed by atoms with E-state index in [1.165, 1.54) is 12.7 Å². The number of esters is 1. The zero-order chi connectivity index (χ0) is 18.2. The fraction of sp³-hybridized carbons (Fsp3) is 0.471. The van der Waals surface area contributed by atoms with Gasteiger partial charge >= 0.3 is 5.97 Å². The average Bonchev–Trinajstić information content (AvgIpc) is 3.08. The number of unbranched alkanes of at least 4 members (excludes halogenated alkanes) is 3. The number of aliphatic hydroxyl groups excluding tert-OH is 1. The highest BCUT2D eigenvalue weighted by molar-refractivity contribution is 5.75. The van der Waals surface area contributed by atoms with E-state index in [2.05, 4.69) is 17.0 Å². The summed E-state index contributed by atoms with van der Waals surface area (Å²) in [6.07, 6.45) is 4.54. The second-order valence-corrected chi connectivity index (χ2v) is 5.66. The molecule has 8 heteroatoms. The van der Waals surface area contributed by atoms with Gasteiger partial charge in [0.2, 0.25) is 0 Å². The van der Waals surface area contributed by atoms with Gasteiger partial charge < -0.3 is 9.84 Å². The minimum atomic E-state index is -1.59. The first kappa shape index (κ1) is 19.0. The predicted molar refractivity (Wildman–Crippen MR) is 85.5 cm³/mol. The molecule has 2 atom stereocenters. The Kier molecular flexibility index (Phi) is 7.00. The van der Waals surface area contributed by atoms with Crippen LogP contribution in [0, 0.1) is 11.6 Å². The van der Waals surface area contributed by atoms with Crippen molar-refractivity contribution in [3.05, 3.63) is 48.1 Å². The van der Waals surface area contributed by atoms with Crippen molar-refractivity contribution in [3.8, 4) is 0 Å². The number of carbonyl (C=O) groups is 1. The molecule has 1 heterocycles. The highest BCUT2D eigenvalue weighted by Gasteiger charge is 2.33. The Labute approximate surface area is 144 Å². The van der Waals surface area contributed by atoms with Gasteiger partial charge in [-0.05, 0) is 12.5 Å². The van der Waals surface area contributed by atoms with Crippen molar-refractivity contribution >= 4 is 5.97 Å². The van der Waals surface area contributed by atoms with E-state index < -0.39 is 29.7 Å². The van der Waals surface area contributed by atoms with E-state index >= 15 is 0 Å². The van der Waals surface area contributed by atoms with Crippen LogP contribution in [-0.4, -0.2) is 32.4 Å². The molecule has 2 aromatic rings. The first-order valence-electron chi connectivity index (χ1n) is 8.18. The summed E-state index contributed by atoms with van der Waals surface area (Å²) < 4.78 is 33.3. The van der Waals surface area contributed by atoms with Crippen molar-refractivity contribution in [3.63, 3.8) is 0 Å². The van der Waals surface area contributed by atoms with Crippen molar-refractivity contribution in [2.45, 2.75) is 44.8 Å². The van der Waals surface area contributed by atoms with Gasteiger partial charge in [0.05, 0.1) is 6.61 Å². The van der Waals surface area contributed by atoms with Crippen LogP contribution < -0.4 is 0 Å². The van der Waals surface area contributed by atoms with Gasteiger partial charge in [-0.2, -0.15) is 5.10 Å². The number of halogens is 2. The zero-order valence-corrected chi connectivity index (χ0v) is 13.9. The molecule has 1 aromatic heterocycles. The molecule has 0 aliphatic heterocycles. The van der Waals surface area contributed by atoms with Gasteiger partial charge in [-0.15, -0.1) is 0 Å². The molecule has 6 nitrogen and oxygen atoms in total. The lowest BCUT2D eigenvalue weighted by atomic mass is 10.0. The van der Waals surface area contributed by atoms with E-state index in [4.69, 9.17) is 4.74 Å². The van der Waals surface area contributed by atoms with Gasteiger partial charge in [0, 0.05) is 11.6 Å². The Hall–Kier alpha value is -2.35. The summed E-state index contributed by atoms with van der Waals surface area (Å²) in [4.78, 5) is 16.1. The minimum absolute atomic E-state index is 0.197. The van der Waals surface area contributed by atoms with E-state index in [9.17, 15) is 18.7 Å². The standard InChI is InChI=1S/C17H21F2N3O3/c1-2-3-4-5-8-25-17(24)15(22-11-20-10-21-22)16(23)13-7-6-12(18)9-14(13)19/h6-7,9-11,15-16,23H,2-5,8H2,1H3. The van der Waals surface area contributed by atoms with Crippen LogP contribution in [0.4, 0.5) is 8.78 Å². The number of benzene rings is 1. The van der Waals surface area contributed by atoms with Crippen LogP contribution in [0.2, 0.25) is 0 Å². The molecule has 2 rings (SSSR count). The average molecular weight is 353 g/mol. The lowest BCUT2D eigenvalue weighted by Gasteiger charge is -2.22. The summed E-state index contributed by atoms with van der Waals surface area (Å²) in [7, 11) is 0. The molecule has 0 amide bonds. The summed E-state index contributed by atoms with van der Waals surface area (Å²) in [5, 5.41) is 14.3. The maximum Gasteiger partial charge on any atom is 0.334 e. The number of ether oxygens (including phenoxy) is 1. The number of hydrogen-bond acceptors (Lipinski definition) is 5. The smallest absolute Gasteiger partial charge is 0.334 e. The van der Waals surface area contributed by atoms with E-state index in [-0.39, 0.29) is 12.2 Å². The Morgan fingerprint density at radius 1 is 1.32 bits per heavy atom. The third-order valence-electron chi connectivity index (χ3n) is 3.79. The number of aliphatic hydroxyl groups is 1. The molecular formula is C17H21F2N3O3. The molecule has 0 saturated heterocycles. The Morgan fingerprint density at radius 2 is 2.12 bits per heavy atom. The molecular weight excluding hydrogens is 332 g/mol. The lowest BCUT2D eigenvalue weighted by Crippen LogP contribution is -2.29. The molecule has 0 radical (unpaired) electrons. The predicted octanol–water partition coefficient (Wildman–Crippen LogP) is 2.95. The second-order valence-electron chi connectivity index (χ2n) is 5.66. The van der Waals surface area contributed by atoms with Crippen molar-refractivity contribution in [1.82, 2.24) is 14.8 Å². The summed E-state index contributed by atoms with van der Waals surface area (Å²) in [6.45, 7) is 2.27. The van der Waals surface area contributed by atoms with Gasteiger partial charge in [-0.3, -0.25) is 0 Å². The van der Waals surface area contributed by atoms with Crippen molar-refractivity contribution in [2.75, 3.05) is 6.61 Å². The van der Waals surface area contributed by atoms with Crippen LogP contribution >= 0.6 is 0 Å². The fourth-order valence-corrected chi connectivity index (χ4v) is 2.44. The fourth-order valence-electron chi connectivity index (χ4n) is 2.44. The Morgan fingerprint density at radius 3 is 2.76 bits per heavy atom. The number of carbonyl (C=O) groups excluding carboxylic acids is 1. The van der Waals surface area contributed by atoms with Gasteiger partial charge in [0.25, 0.3) is 0 Å². The SMILES string of the molecule is CCCCCCOC(=O)C(C(O)c1ccc(F)cc1F)n1cncn1. The van der Waals surface area contributed by atoms with E-state index in [1.807, 2.05) is 0 Å². The first-order chi connectivity index (χ1) is 12.0. The Balaban J connectivity index is 2.14. The molecule has 0 bridgehead atoms. The maximum absolute atomic E-state index is 14.0. The monoisotopic (exact) mass is 353 g/mol. The molecule has 0 spiro atoms. The summed E-state index contributed by atoms with van der Waals surface area (Å²) in [5.74, 6) is -2.48. The highest BCUT2D eigenvalue weighted by Crippen LogP contribution is 2.29.